The third-order valence-electron chi connectivity index (χ3n) is 6.60. The summed E-state index contributed by atoms with van der Waals surface area (Å²) in [6.07, 6.45) is 2.32. The summed E-state index contributed by atoms with van der Waals surface area (Å²) >= 11 is 2.85. The Morgan fingerprint density at radius 2 is 1.95 bits per heavy atom. The molecule has 0 radical (unpaired) electrons. The third-order valence-corrected chi connectivity index (χ3v) is 8.39. The number of carbonyl (C=O) groups excluding carboxylic acids is 3. The van der Waals surface area contributed by atoms with Crippen LogP contribution in [0.4, 0.5) is 0 Å². The minimum absolute atomic E-state index is 0.0130. The number of rotatable bonds is 8. The maximum Gasteiger partial charge on any atom is 0.262 e. The molecule has 4 aromatic rings. The lowest BCUT2D eigenvalue weighted by atomic mass is 9.96. The largest absolute Gasteiger partial charge is 0.454 e. The number of aromatic nitrogens is 1. The van der Waals surface area contributed by atoms with Crippen LogP contribution in [0.2, 0.25) is 0 Å². The molecular formula is C27H28N4O4S2. The van der Waals surface area contributed by atoms with E-state index in [0.29, 0.717) is 56.0 Å². The fourth-order valence-corrected chi connectivity index (χ4v) is 6.26. The molecule has 0 atom stereocenters. The highest BCUT2D eigenvalue weighted by Crippen LogP contribution is 2.35. The second-order valence-corrected chi connectivity index (χ2v) is 10.8. The molecule has 1 aliphatic rings. The van der Waals surface area contributed by atoms with Crippen LogP contribution < -0.4 is 10.6 Å². The smallest absolute Gasteiger partial charge is 0.262 e. The number of amides is 3. The first-order valence-electron chi connectivity index (χ1n) is 12.3. The SMILES string of the molecule is CNC(=O)C1CCN(C(=O)CCCNC(=O)c2sccc2-c2nc(-c3cc4ccccc4o3)cs2)CC1. The van der Waals surface area contributed by atoms with Gasteiger partial charge in [-0.2, -0.15) is 0 Å². The summed E-state index contributed by atoms with van der Waals surface area (Å²) in [5.74, 6) is 0.645. The van der Waals surface area contributed by atoms with Crippen LogP contribution in [0.3, 0.4) is 0 Å². The molecule has 0 spiro atoms. The van der Waals surface area contributed by atoms with Gasteiger partial charge in [-0.05, 0) is 42.8 Å². The molecule has 4 heterocycles. The van der Waals surface area contributed by atoms with E-state index in [-0.39, 0.29) is 23.6 Å². The van der Waals surface area contributed by atoms with Crippen molar-refractivity contribution in [3.63, 3.8) is 0 Å². The number of likely N-dealkylation sites (tertiary alicyclic amines) is 1. The average Bonchev–Trinajstić information content (AvgIpc) is 3.69. The van der Waals surface area contributed by atoms with Gasteiger partial charge in [0.1, 0.15) is 21.2 Å². The topological polar surface area (TPSA) is 105 Å². The van der Waals surface area contributed by atoms with Gasteiger partial charge in [0.2, 0.25) is 11.8 Å². The predicted molar refractivity (Wildman–Crippen MR) is 146 cm³/mol. The van der Waals surface area contributed by atoms with Gasteiger partial charge < -0.3 is 20.0 Å². The molecule has 2 N–H and O–H groups in total. The van der Waals surface area contributed by atoms with Crippen molar-refractivity contribution in [1.29, 1.82) is 0 Å². The van der Waals surface area contributed by atoms with Gasteiger partial charge in [0.05, 0.1) is 0 Å². The Balaban J connectivity index is 1.13. The van der Waals surface area contributed by atoms with Crippen molar-refractivity contribution in [1.82, 2.24) is 20.5 Å². The molecule has 1 fully saturated rings. The number of carbonyl (C=O) groups is 3. The van der Waals surface area contributed by atoms with Crippen molar-refractivity contribution in [2.24, 2.45) is 5.92 Å². The first-order chi connectivity index (χ1) is 18.0. The Morgan fingerprint density at radius 1 is 1.14 bits per heavy atom. The second-order valence-electron chi connectivity index (χ2n) is 8.98. The van der Waals surface area contributed by atoms with Crippen molar-refractivity contribution in [3.8, 4) is 22.0 Å². The zero-order valence-corrected chi connectivity index (χ0v) is 22.1. The average molecular weight is 537 g/mol. The number of nitrogens with zero attached hydrogens (tertiary/aromatic N) is 2. The van der Waals surface area contributed by atoms with Crippen LogP contribution in [0.25, 0.3) is 33.0 Å². The van der Waals surface area contributed by atoms with Gasteiger partial charge in [0.15, 0.2) is 5.76 Å². The Hall–Kier alpha value is -3.50. The molecule has 0 aliphatic carbocycles. The van der Waals surface area contributed by atoms with Gasteiger partial charge in [0.25, 0.3) is 5.91 Å². The molecule has 1 saturated heterocycles. The van der Waals surface area contributed by atoms with Crippen LogP contribution in [0, 0.1) is 5.92 Å². The van der Waals surface area contributed by atoms with E-state index in [1.807, 2.05) is 52.1 Å². The lowest BCUT2D eigenvalue weighted by molar-refractivity contribution is -0.135. The molecule has 3 amide bonds. The van der Waals surface area contributed by atoms with E-state index >= 15 is 0 Å². The van der Waals surface area contributed by atoms with Crippen molar-refractivity contribution >= 4 is 51.4 Å². The highest BCUT2D eigenvalue weighted by atomic mass is 32.1. The lowest BCUT2D eigenvalue weighted by Gasteiger charge is -2.31. The van der Waals surface area contributed by atoms with E-state index in [1.54, 1.807) is 7.05 Å². The molecule has 1 aliphatic heterocycles. The van der Waals surface area contributed by atoms with Gasteiger partial charge in [-0.3, -0.25) is 14.4 Å². The lowest BCUT2D eigenvalue weighted by Crippen LogP contribution is -2.42. The van der Waals surface area contributed by atoms with Gasteiger partial charge in [-0.15, -0.1) is 22.7 Å². The summed E-state index contributed by atoms with van der Waals surface area (Å²) in [4.78, 5) is 44.4. The first-order valence-corrected chi connectivity index (χ1v) is 14.1. The van der Waals surface area contributed by atoms with Crippen LogP contribution in [0.15, 0.2) is 51.6 Å². The third kappa shape index (κ3) is 5.60. The Labute approximate surface area is 222 Å². The summed E-state index contributed by atoms with van der Waals surface area (Å²) in [7, 11) is 1.64. The van der Waals surface area contributed by atoms with E-state index in [4.69, 9.17) is 9.40 Å². The fourth-order valence-electron chi connectivity index (χ4n) is 4.55. The second kappa shape index (κ2) is 11.3. The molecule has 10 heteroatoms. The Kier molecular flexibility index (Phi) is 7.66. The van der Waals surface area contributed by atoms with Crippen LogP contribution in [0.5, 0.6) is 0 Å². The summed E-state index contributed by atoms with van der Waals surface area (Å²) in [6.45, 7) is 1.62. The molecule has 1 aromatic carbocycles. The molecule has 0 bridgehead atoms. The monoisotopic (exact) mass is 536 g/mol. The molecule has 0 saturated carbocycles. The van der Waals surface area contributed by atoms with E-state index in [0.717, 1.165) is 27.2 Å². The van der Waals surface area contributed by atoms with Crippen molar-refractivity contribution < 1.29 is 18.8 Å². The summed E-state index contributed by atoms with van der Waals surface area (Å²) in [5.41, 5.74) is 2.35. The number of hydrogen-bond acceptors (Lipinski definition) is 7. The predicted octanol–water partition coefficient (Wildman–Crippen LogP) is 4.78. The van der Waals surface area contributed by atoms with E-state index in [2.05, 4.69) is 10.6 Å². The van der Waals surface area contributed by atoms with E-state index in [1.165, 1.54) is 22.7 Å². The quantitative estimate of drug-likeness (QED) is 0.316. The highest BCUT2D eigenvalue weighted by Gasteiger charge is 2.26. The van der Waals surface area contributed by atoms with Crippen molar-refractivity contribution in [2.45, 2.75) is 25.7 Å². The van der Waals surface area contributed by atoms with Crippen molar-refractivity contribution in [2.75, 3.05) is 26.7 Å². The summed E-state index contributed by atoms with van der Waals surface area (Å²) < 4.78 is 5.93. The van der Waals surface area contributed by atoms with E-state index < -0.39 is 0 Å². The number of thiophene rings is 1. The number of nitrogens with one attached hydrogen (secondary N) is 2. The van der Waals surface area contributed by atoms with Crippen LogP contribution in [0.1, 0.15) is 35.4 Å². The number of thiazole rings is 1. The maximum atomic E-state index is 12.9. The van der Waals surface area contributed by atoms with Crippen molar-refractivity contribution in [3.05, 3.63) is 52.0 Å². The maximum absolute atomic E-state index is 12.9. The zero-order chi connectivity index (χ0) is 25.8. The highest BCUT2D eigenvalue weighted by molar-refractivity contribution is 7.15. The minimum atomic E-state index is -0.163. The first kappa shape index (κ1) is 25.2. The molecule has 37 heavy (non-hydrogen) atoms. The Morgan fingerprint density at radius 3 is 2.73 bits per heavy atom. The Bertz CT molecular complexity index is 1380. The molecule has 0 unspecified atom stereocenters. The fraction of sp³-hybridized carbons (Fsp3) is 0.333. The van der Waals surface area contributed by atoms with Gasteiger partial charge in [-0.25, -0.2) is 4.98 Å². The van der Waals surface area contributed by atoms with Gasteiger partial charge in [-0.1, -0.05) is 18.2 Å². The van der Waals surface area contributed by atoms with E-state index in [9.17, 15) is 14.4 Å². The molecule has 8 nitrogen and oxygen atoms in total. The number of para-hydroxylation sites is 1. The van der Waals surface area contributed by atoms with Crippen LogP contribution in [-0.2, 0) is 9.59 Å². The zero-order valence-electron chi connectivity index (χ0n) is 20.5. The molecular weight excluding hydrogens is 508 g/mol. The number of piperidine rings is 1. The van der Waals surface area contributed by atoms with Gasteiger partial charge in [0, 0.05) is 55.4 Å². The normalized spacial score (nSPS) is 14.1. The summed E-state index contributed by atoms with van der Waals surface area (Å²) in [5, 5.41) is 11.2. The van der Waals surface area contributed by atoms with Crippen LogP contribution in [-0.4, -0.2) is 54.3 Å². The number of hydrogen-bond donors (Lipinski definition) is 2. The minimum Gasteiger partial charge on any atom is -0.454 e. The van der Waals surface area contributed by atoms with Crippen LogP contribution >= 0.6 is 22.7 Å². The molecule has 3 aromatic heterocycles. The summed E-state index contributed by atoms with van der Waals surface area (Å²) in [6, 6.07) is 11.7. The standard InChI is InChI=1S/C27H28N4O4S2/c1-28-25(33)17-8-12-31(13-9-17)23(32)7-4-11-29-26(34)24-19(10-14-36-24)27-30-20(16-37-27)22-15-18-5-2-3-6-21(18)35-22/h2-3,5-6,10,14-17H,4,7-9,11-13H2,1H3,(H,28,33)(H,29,34). The molecule has 192 valence electrons. The van der Waals surface area contributed by atoms with Gasteiger partial charge >= 0.3 is 0 Å². The molecule has 5 rings (SSSR count). The number of furan rings is 1. The number of benzene rings is 1. The number of fused-ring (bicyclic) bond motifs is 1.